The Morgan fingerprint density at radius 3 is 2.45 bits per heavy atom. The summed E-state index contributed by atoms with van der Waals surface area (Å²) in [5.74, 6) is -1.75. The molecule has 0 bridgehead atoms. The van der Waals surface area contributed by atoms with Crippen molar-refractivity contribution in [1.29, 1.82) is 0 Å². The van der Waals surface area contributed by atoms with E-state index in [1.165, 1.54) is 39.9 Å². The first-order valence-corrected chi connectivity index (χ1v) is 11.7. The van der Waals surface area contributed by atoms with Gasteiger partial charge in [0.2, 0.25) is 0 Å². The van der Waals surface area contributed by atoms with Gasteiger partial charge in [0.25, 0.3) is 0 Å². The zero-order valence-electron chi connectivity index (χ0n) is 20.3. The number of halogens is 4. The fraction of sp³-hybridized carbons (Fsp3) is 0.222. The third kappa shape index (κ3) is 5.93. The van der Waals surface area contributed by atoms with Gasteiger partial charge in [0, 0.05) is 54.7 Å². The number of alkyl halides is 3. The van der Waals surface area contributed by atoms with Crippen molar-refractivity contribution in [2.45, 2.75) is 32.7 Å². The number of nitrogens with one attached hydrogen (secondary N) is 1. The van der Waals surface area contributed by atoms with E-state index in [1.54, 1.807) is 31.5 Å². The van der Waals surface area contributed by atoms with Crippen molar-refractivity contribution in [2.24, 2.45) is 0 Å². The number of aliphatic carboxylic acids is 1. The minimum atomic E-state index is -4.61. The van der Waals surface area contributed by atoms with Gasteiger partial charge in [-0.2, -0.15) is 13.2 Å². The molecule has 38 heavy (non-hydrogen) atoms. The summed E-state index contributed by atoms with van der Waals surface area (Å²) in [5, 5.41) is 12.3. The van der Waals surface area contributed by atoms with Crippen molar-refractivity contribution in [2.75, 3.05) is 6.54 Å². The van der Waals surface area contributed by atoms with Crippen LogP contribution in [0.25, 0.3) is 22.0 Å². The van der Waals surface area contributed by atoms with Crippen molar-refractivity contribution in [3.8, 4) is 11.1 Å². The Morgan fingerprint density at radius 1 is 1.05 bits per heavy atom. The topological polar surface area (TPSA) is 87.5 Å². The lowest BCUT2D eigenvalue weighted by Gasteiger charge is -2.23. The lowest BCUT2D eigenvalue weighted by atomic mass is 9.97. The highest BCUT2D eigenvalue weighted by Crippen LogP contribution is 2.38. The van der Waals surface area contributed by atoms with Crippen molar-refractivity contribution in [3.05, 3.63) is 89.6 Å². The first-order chi connectivity index (χ1) is 18.1. The van der Waals surface area contributed by atoms with Crippen LogP contribution in [0, 0.1) is 5.82 Å². The van der Waals surface area contributed by atoms with E-state index in [-0.39, 0.29) is 30.5 Å². The maximum Gasteiger partial charge on any atom is 0.416 e. The monoisotopic (exact) mass is 528 g/mol. The van der Waals surface area contributed by atoms with Crippen molar-refractivity contribution in [3.63, 3.8) is 0 Å². The molecular weight excluding hydrogens is 504 g/mol. The Morgan fingerprint density at radius 2 is 1.79 bits per heavy atom. The molecule has 198 valence electrons. The molecule has 4 aromatic rings. The summed E-state index contributed by atoms with van der Waals surface area (Å²) >= 11 is 0. The number of pyridine rings is 1. The number of carbonyl (C=O) groups is 2. The fourth-order valence-electron chi connectivity index (χ4n) is 4.24. The summed E-state index contributed by atoms with van der Waals surface area (Å²) < 4.78 is 56.2. The molecule has 7 nitrogen and oxygen atoms in total. The standard InChI is InChI=1S/C27H24F4N4O3/c1-2-34(26(38)33-13-17-7-9-32-10-8-17)14-18-11-20(28)4-5-21(18)23-15-35(16-25(36)37)24-6-3-19(12-22(23)24)27(29,30)31/h3-12,15H,2,13-14,16H2,1H3,(H,33,38)(H,36,37). The summed E-state index contributed by atoms with van der Waals surface area (Å²) in [7, 11) is 0. The number of fused-ring (bicyclic) bond motifs is 1. The fourth-order valence-corrected chi connectivity index (χ4v) is 4.24. The third-order valence-electron chi connectivity index (χ3n) is 6.09. The summed E-state index contributed by atoms with van der Waals surface area (Å²) in [6, 6.07) is 9.98. The first kappa shape index (κ1) is 26.6. The quantitative estimate of drug-likeness (QED) is 0.288. The van der Waals surface area contributed by atoms with Crippen molar-refractivity contribution >= 4 is 22.9 Å². The number of aromatic nitrogens is 2. The normalized spacial score (nSPS) is 11.5. The van der Waals surface area contributed by atoms with Crippen LogP contribution in [-0.2, 0) is 30.6 Å². The third-order valence-corrected chi connectivity index (χ3v) is 6.09. The number of carboxylic acids is 1. The molecule has 2 N–H and O–H groups in total. The highest BCUT2D eigenvalue weighted by Gasteiger charge is 2.31. The van der Waals surface area contributed by atoms with E-state index in [9.17, 15) is 32.3 Å². The first-order valence-electron chi connectivity index (χ1n) is 11.7. The number of carboxylic acid groups (broad SMARTS) is 1. The van der Waals surface area contributed by atoms with Crippen molar-refractivity contribution in [1.82, 2.24) is 19.8 Å². The maximum absolute atomic E-state index is 14.3. The second-order valence-corrected chi connectivity index (χ2v) is 8.62. The number of amides is 2. The Labute approximate surface area is 215 Å². The predicted octanol–water partition coefficient (Wildman–Crippen LogP) is 5.68. The van der Waals surface area contributed by atoms with Crippen LogP contribution in [0.15, 0.2) is 67.1 Å². The highest BCUT2D eigenvalue weighted by molar-refractivity contribution is 5.98. The molecule has 4 rings (SSSR count). The number of benzene rings is 2. The van der Waals surface area contributed by atoms with Crippen LogP contribution in [0.2, 0.25) is 0 Å². The van der Waals surface area contributed by atoms with E-state index in [0.29, 0.717) is 16.7 Å². The van der Waals surface area contributed by atoms with Gasteiger partial charge >= 0.3 is 18.2 Å². The second-order valence-electron chi connectivity index (χ2n) is 8.62. The molecule has 0 aliphatic carbocycles. The number of hydrogen-bond donors (Lipinski definition) is 2. The molecule has 0 radical (unpaired) electrons. The van der Waals surface area contributed by atoms with Crippen LogP contribution >= 0.6 is 0 Å². The van der Waals surface area contributed by atoms with Crippen LogP contribution in [0.1, 0.15) is 23.6 Å². The SMILES string of the molecule is CCN(Cc1cc(F)ccc1-c1cn(CC(=O)O)c2ccc(C(F)(F)F)cc12)C(=O)NCc1ccncc1. The largest absolute Gasteiger partial charge is 0.480 e. The maximum atomic E-state index is 14.3. The predicted molar refractivity (Wildman–Crippen MR) is 133 cm³/mol. The molecule has 0 spiro atoms. The summed E-state index contributed by atoms with van der Waals surface area (Å²) in [6.45, 7) is 1.76. The summed E-state index contributed by atoms with van der Waals surface area (Å²) in [6.07, 6.45) is 0.0274. The van der Waals surface area contributed by atoms with Gasteiger partial charge in [0.1, 0.15) is 12.4 Å². The lowest BCUT2D eigenvalue weighted by molar-refractivity contribution is -0.138. The van der Waals surface area contributed by atoms with Gasteiger partial charge in [-0.3, -0.25) is 9.78 Å². The Kier molecular flexibility index (Phi) is 7.65. The van der Waals surface area contributed by atoms with Crippen LogP contribution in [-0.4, -0.2) is 38.1 Å². The molecule has 2 amide bonds. The van der Waals surface area contributed by atoms with E-state index >= 15 is 0 Å². The molecule has 11 heteroatoms. The average Bonchev–Trinajstić information content (AvgIpc) is 3.22. The molecule has 0 atom stereocenters. The molecule has 2 aromatic carbocycles. The molecule has 0 unspecified atom stereocenters. The van der Waals surface area contributed by atoms with Crippen LogP contribution in [0.5, 0.6) is 0 Å². The lowest BCUT2D eigenvalue weighted by Crippen LogP contribution is -2.39. The molecule has 0 aliphatic heterocycles. The van der Waals surface area contributed by atoms with Gasteiger partial charge < -0.3 is 19.9 Å². The smallest absolute Gasteiger partial charge is 0.416 e. The van der Waals surface area contributed by atoms with Gasteiger partial charge in [-0.15, -0.1) is 0 Å². The summed E-state index contributed by atoms with van der Waals surface area (Å²) in [5.41, 5.74) is 1.28. The van der Waals surface area contributed by atoms with Gasteiger partial charge in [0.05, 0.1) is 5.56 Å². The van der Waals surface area contributed by atoms with E-state index in [0.717, 1.165) is 17.7 Å². The number of rotatable bonds is 8. The van der Waals surface area contributed by atoms with Gasteiger partial charge in [-0.05, 0) is 66.1 Å². The molecule has 0 fully saturated rings. The van der Waals surface area contributed by atoms with E-state index in [1.807, 2.05) is 0 Å². The van der Waals surface area contributed by atoms with Crippen LogP contribution < -0.4 is 5.32 Å². The second kappa shape index (κ2) is 10.9. The average molecular weight is 529 g/mol. The number of hydrogen-bond acceptors (Lipinski definition) is 3. The highest BCUT2D eigenvalue weighted by atomic mass is 19.4. The van der Waals surface area contributed by atoms with Crippen LogP contribution in [0.3, 0.4) is 0 Å². The molecule has 0 saturated carbocycles. The van der Waals surface area contributed by atoms with Crippen LogP contribution in [0.4, 0.5) is 22.4 Å². The van der Waals surface area contributed by atoms with Gasteiger partial charge in [-0.25, -0.2) is 9.18 Å². The zero-order valence-corrected chi connectivity index (χ0v) is 20.3. The molecule has 2 heterocycles. The Balaban J connectivity index is 1.73. The number of carbonyl (C=O) groups excluding carboxylic acids is 1. The minimum absolute atomic E-state index is 0.0314. The number of urea groups is 1. The number of nitrogens with zero attached hydrogens (tertiary/aromatic N) is 3. The Hall–Kier alpha value is -4.41. The van der Waals surface area contributed by atoms with E-state index in [2.05, 4.69) is 10.3 Å². The van der Waals surface area contributed by atoms with Crippen molar-refractivity contribution < 1.29 is 32.3 Å². The minimum Gasteiger partial charge on any atom is -0.480 e. The van der Waals surface area contributed by atoms with Gasteiger partial charge in [-0.1, -0.05) is 6.07 Å². The zero-order chi connectivity index (χ0) is 27.4. The van der Waals surface area contributed by atoms with E-state index in [4.69, 9.17) is 0 Å². The molecular formula is C27H24F4N4O3. The van der Waals surface area contributed by atoms with E-state index < -0.39 is 36.1 Å². The van der Waals surface area contributed by atoms with Gasteiger partial charge in [0.15, 0.2) is 0 Å². The molecule has 0 aliphatic rings. The molecule has 2 aromatic heterocycles. The summed E-state index contributed by atoms with van der Waals surface area (Å²) in [4.78, 5) is 29.7. The Bertz CT molecular complexity index is 1470. The molecule has 0 saturated heterocycles.